The Labute approximate surface area is 108 Å². The van der Waals surface area contributed by atoms with Gasteiger partial charge in [0.2, 0.25) is 0 Å². The van der Waals surface area contributed by atoms with E-state index in [9.17, 15) is 5.11 Å². The summed E-state index contributed by atoms with van der Waals surface area (Å²) in [4.78, 5) is 0. The second-order valence-corrected chi connectivity index (χ2v) is 5.37. The Hall–Kier alpha value is -0.570. The van der Waals surface area contributed by atoms with Crippen LogP contribution in [0, 0.1) is 5.92 Å². The van der Waals surface area contributed by atoms with Crippen molar-refractivity contribution in [1.82, 2.24) is 5.32 Å². The Morgan fingerprint density at radius 2 is 1.76 bits per heavy atom. The summed E-state index contributed by atoms with van der Waals surface area (Å²) in [5, 5.41) is 13.7. The first-order chi connectivity index (χ1) is 8.24. The minimum Gasteiger partial charge on any atom is -0.393 e. The number of benzene rings is 1. The van der Waals surface area contributed by atoms with E-state index in [4.69, 9.17) is 11.6 Å². The predicted molar refractivity (Wildman–Crippen MR) is 71.1 cm³/mol. The zero-order chi connectivity index (χ0) is 12.1. The lowest BCUT2D eigenvalue weighted by atomic mass is 9.87. The van der Waals surface area contributed by atoms with Gasteiger partial charge in [-0.05, 0) is 55.8 Å². The molecule has 2 N–H and O–H groups in total. The van der Waals surface area contributed by atoms with Gasteiger partial charge in [0.15, 0.2) is 0 Å². The van der Waals surface area contributed by atoms with E-state index >= 15 is 0 Å². The lowest BCUT2D eigenvalue weighted by Gasteiger charge is -2.25. The van der Waals surface area contributed by atoms with Crippen LogP contribution >= 0.6 is 11.6 Å². The zero-order valence-electron chi connectivity index (χ0n) is 10.0. The fraction of sp³-hybridized carbons (Fsp3) is 0.571. The second kappa shape index (κ2) is 6.39. The standard InChI is InChI=1S/C14H20ClNO/c15-13-5-1-11(2-6-13)9-16-10-12-3-7-14(17)8-4-12/h1-2,5-6,12,14,16-17H,3-4,7-10H2. The molecule has 0 spiro atoms. The van der Waals surface area contributed by atoms with E-state index in [1.165, 1.54) is 5.56 Å². The molecule has 17 heavy (non-hydrogen) atoms. The minimum absolute atomic E-state index is 0.0532. The van der Waals surface area contributed by atoms with Crippen molar-refractivity contribution in [1.29, 1.82) is 0 Å². The van der Waals surface area contributed by atoms with Crippen LogP contribution in [-0.4, -0.2) is 17.8 Å². The minimum atomic E-state index is -0.0532. The highest BCUT2D eigenvalue weighted by atomic mass is 35.5. The molecule has 0 aliphatic heterocycles. The predicted octanol–water partition coefficient (Wildman–Crippen LogP) is 2.98. The molecule has 1 saturated carbocycles. The monoisotopic (exact) mass is 253 g/mol. The molecule has 94 valence electrons. The maximum absolute atomic E-state index is 9.42. The van der Waals surface area contributed by atoms with E-state index in [-0.39, 0.29) is 6.10 Å². The molecule has 0 amide bonds. The molecule has 0 unspecified atom stereocenters. The Kier molecular flexibility index (Phi) is 4.84. The van der Waals surface area contributed by atoms with Crippen LogP contribution in [0.4, 0.5) is 0 Å². The van der Waals surface area contributed by atoms with Crippen molar-refractivity contribution in [2.75, 3.05) is 6.54 Å². The number of aliphatic hydroxyl groups excluding tert-OH is 1. The number of hydrogen-bond acceptors (Lipinski definition) is 2. The Morgan fingerprint density at radius 1 is 1.12 bits per heavy atom. The third-order valence-corrected chi connectivity index (χ3v) is 3.74. The molecule has 1 aromatic carbocycles. The molecule has 2 rings (SSSR count). The van der Waals surface area contributed by atoms with Gasteiger partial charge in [0.25, 0.3) is 0 Å². The van der Waals surface area contributed by atoms with E-state index in [1.54, 1.807) is 0 Å². The molecule has 0 radical (unpaired) electrons. The number of hydrogen-bond donors (Lipinski definition) is 2. The molecule has 1 aliphatic rings. The smallest absolute Gasteiger partial charge is 0.0540 e. The first-order valence-corrected chi connectivity index (χ1v) is 6.75. The second-order valence-electron chi connectivity index (χ2n) is 4.93. The summed E-state index contributed by atoms with van der Waals surface area (Å²) >= 11 is 5.84. The molecular formula is C14H20ClNO. The van der Waals surface area contributed by atoms with Gasteiger partial charge in [-0.3, -0.25) is 0 Å². The van der Waals surface area contributed by atoms with Crippen molar-refractivity contribution < 1.29 is 5.11 Å². The van der Waals surface area contributed by atoms with Crippen LogP contribution in [0.3, 0.4) is 0 Å². The molecule has 1 aliphatic carbocycles. The highest BCUT2D eigenvalue weighted by molar-refractivity contribution is 6.30. The summed E-state index contributed by atoms with van der Waals surface area (Å²) in [6, 6.07) is 7.96. The SMILES string of the molecule is OC1CCC(CNCc2ccc(Cl)cc2)CC1. The highest BCUT2D eigenvalue weighted by Gasteiger charge is 2.18. The zero-order valence-corrected chi connectivity index (χ0v) is 10.8. The molecule has 1 fully saturated rings. The quantitative estimate of drug-likeness (QED) is 0.865. The van der Waals surface area contributed by atoms with Gasteiger partial charge < -0.3 is 10.4 Å². The van der Waals surface area contributed by atoms with Gasteiger partial charge in [-0.1, -0.05) is 23.7 Å². The van der Waals surface area contributed by atoms with Gasteiger partial charge in [0.1, 0.15) is 0 Å². The number of rotatable bonds is 4. The van der Waals surface area contributed by atoms with Crippen molar-refractivity contribution in [2.24, 2.45) is 5.92 Å². The van der Waals surface area contributed by atoms with E-state index in [2.05, 4.69) is 17.4 Å². The van der Waals surface area contributed by atoms with Crippen molar-refractivity contribution in [2.45, 2.75) is 38.3 Å². The Bertz CT molecular complexity index is 331. The third kappa shape index (κ3) is 4.30. The molecular weight excluding hydrogens is 234 g/mol. The van der Waals surface area contributed by atoms with E-state index < -0.39 is 0 Å². The first-order valence-electron chi connectivity index (χ1n) is 6.37. The van der Waals surface area contributed by atoms with Crippen LogP contribution in [0.5, 0.6) is 0 Å². The van der Waals surface area contributed by atoms with Crippen molar-refractivity contribution in [3.63, 3.8) is 0 Å². The number of aliphatic hydroxyl groups is 1. The molecule has 1 aromatic rings. The Balaban J connectivity index is 1.67. The molecule has 3 heteroatoms. The fourth-order valence-corrected chi connectivity index (χ4v) is 2.50. The average Bonchev–Trinajstić information content (AvgIpc) is 2.34. The van der Waals surface area contributed by atoms with Crippen molar-refractivity contribution in [3.8, 4) is 0 Å². The molecule has 2 nitrogen and oxygen atoms in total. The summed E-state index contributed by atoms with van der Waals surface area (Å²) in [6.45, 7) is 1.95. The summed E-state index contributed by atoms with van der Waals surface area (Å²) < 4.78 is 0. The number of halogens is 1. The lowest BCUT2D eigenvalue weighted by Crippen LogP contribution is -2.27. The molecule has 0 bridgehead atoms. The Morgan fingerprint density at radius 3 is 2.41 bits per heavy atom. The van der Waals surface area contributed by atoms with Crippen molar-refractivity contribution in [3.05, 3.63) is 34.9 Å². The summed E-state index contributed by atoms with van der Waals surface area (Å²) in [5.74, 6) is 0.728. The van der Waals surface area contributed by atoms with Crippen LogP contribution in [0.15, 0.2) is 24.3 Å². The van der Waals surface area contributed by atoms with Crippen LogP contribution < -0.4 is 5.32 Å². The third-order valence-electron chi connectivity index (χ3n) is 3.49. The summed E-state index contributed by atoms with van der Waals surface area (Å²) in [5.41, 5.74) is 1.27. The van der Waals surface area contributed by atoms with Gasteiger partial charge in [-0.2, -0.15) is 0 Å². The van der Waals surface area contributed by atoms with Gasteiger partial charge in [-0.15, -0.1) is 0 Å². The maximum Gasteiger partial charge on any atom is 0.0540 e. The molecule has 0 aromatic heterocycles. The fourth-order valence-electron chi connectivity index (χ4n) is 2.37. The van der Waals surface area contributed by atoms with Gasteiger partial charge >= 0.3 is 0 Å². The highest BCUT2D eigenvalue weighted by Crippen LogP contribution is 2.23. The van der Waals surface area contributed by atoms with Gasteiger partial charge in [0.05, 0.1) is 6.10 Å². The van der Waals surface area contributed by atoms with Crippen LogP contribution in [-0.2, 0) is 6.54 Å². The van der Waals surface area contributed by atoms with Crippen molar-refractivity contribution >= 4 is 11.6 Å². The van der Waals surface area contributed by atoms with Crippen LogP contribution in [0.2, 0.25) is 5.02 Å². The largest absolute Gasteiger partial charge is 0.393 e. The molecule has 0 heterocycles. The molecule has 0 atom stereocenters. The first kappa shape index (κ1) is 12.9. The summed E-state index contributed by atoms with van der Waals surface area (Å²) in [7, 11) is 0. The number of nitrogens with one attached hydrogen (secondary N) is 1. The van der Waals surface area contributed by atoms with Crippen LogP contribution in [0.1, 0.15) is 31.2 Å². The maximum atomic E-state index is 9.42. The summed E-state index contributed by atoms with van der Waals surface area (Å²) in [6.07, 6.45) is 4.17. The average molecular weight is 254 g/mol. The lowest BCUT2D eigenvalue weighted by molar-refractivity contribution is 0.108. The topological polar surface area (TPSA) is 32.3 Å². The van der Waals surface area contributed by atoms with Crippen LogP contribution in [0.25, 0.3) is 0 Å². The van der Waals surface area contributed by atoms with Gasteiger partial charge in [-0.25, -0.2) is 0 Å². The van der Waals surface area contributed by atoms with Gasteiger partial charge in [0, 0.05) is 11.6 Å². The normalized spacial score (nSPS) is 24.8. The van der Waals surface area contributed by atoms with E-state index in [0.717, 1.165) is 49.7 Å². The van der Waals surface area contributed by atoms with E-state index in [1.807, 2.05) is 12.1 Å². The molecule has 0 saturated heterocycles. The van der Waals surface area contributed by atoms with E-state index in [0.29, 0.717) is 0 Å².